The summed E-state index contributed by atoms with van der Waals surface area (Å²) in [5, 5.41) is 25.0. The second-order valence-electron chi connectivity index (χ2n) is 14.4. The molecule has 0 rings (SSSR count). The van der Waals surface area contributed by atoms with Crippen molar-refractivity contribution in [1.29, 1.82) is 0 Å². The highest BCUT2D eigenvalue weighted by molar-refractivity contribution is 5.96. The number of aliphatic carboxylic acids is 1. The third-order valence-electron chi connectivity index (χ3n) is 7.66. The zero-order valence-corrected chi connectivity index (χ0v) is 32.7. The van der Waals surface area contributed by atoms with Crippen molar-refractivity contribution >= 4 is 53.3 Å². The predicted octanol–water partition coefficient (Wildman–Crippen LogP) is -2.12. The van der Waals surface area contributed by atoms with Crippen LogP contribution in [0.5, 0.6) is 0 Å². The summed E-state index contributed by atoms with van der Waals surface area (Å²) in [4.78, 5) is 97.7. The molecule has 0 saturated heterocycles. The summed E-state index contributed by atoms with van der Waals surface area (Å²) in [6.45, 7) is 12.2. The molecule has 308 valence electrons. The molecule has 0 aromatic heterocycles. The van der Waals surface area contributed by atoms with E-state index >= 15 is 0 Å². The van der Waals surface area contributed by atoms with Gasteiger partial charge in [0.05, 0.1) is 6.54 Å². The fourth-order valence-corrected chi connectivity index (χ4v) is 5.24. The van der Waals surface area contributed by atoms with Gasteiger partial charge in [-0.05, 0) is 62.7 Å². The average Bonchev–Trinajstić information content (AvgIpc) is 3.04. The van der Waals surface area contributed by atoms with Crippen LogP contribution in [0.2, 0.25) is 0 Å². The molecule has 0 saturated carbocycles. The number of rotatable bonds is 26. The Morgan fingerprint density at radius 1 is 0.537 bits per heavy atom. The molecule has 0 aromatic carbocycles. The van der Waals surface area contributed by atoms with Gasteiger partial charge in [-0.25, -0.2) is 4.79 Å². The number of carboxylic acids is 1. The number of nitrogens with one attached hydrogen (secondary N) is 6. The van der Waals surface area contributed by atoms with E-state index in [4.69, 9.17) is 22.9 Å². The molecule has 6 amide bonds. The van der Waals surface area contributed by atoms with E-state index in [2.05, 4.69) is 41.9 Å². The Morgan fingerprint density at radius 3 is 1.26 bits per heavy atom. The van der Waals surface area contributed by atoms with Crippen LogP contribution in [0.25, 0.3) is 0 Å². The van der Waals surface area contributed by atoms with Crippen LogP contribution >= 0.6 is 0 Å². The van der Waals surface area contributed by atoms with E-state index < -0.39 is 78.2 Å². The first-order valence-electron chi connectivity index (χ1n) is 18.2. The minimum Gasteiger partial charge on any atom is -0.480 e. The molecule has 0 bridgehead atoms. The van der Waals surface area contributed by atoms with Gasteiger partial charge in [0.25, 0.3) is 0 Å². The molecule has 0 aliphatic rings. The van der Waals surface area contributed by atoms with Crippen molar-refractivity contribution in [3.63, 3.8) is 0 Å². The van der Waals surface area contributed by atoms with Gasteiger partial charge in [0.15, 0.2) is 11.9 Å². The molecule has 0 aliphatic carbocycles. The topological polar surface area (TPSA) is 341 Å². The Kier molecular flexibility index (Phi) is 23.3. The van der Waals surface area contributed by atoms with Crippen molar-refractivity contribution in [2.75, 3.05) is 19.6 Å². The van der Waals surface area contributed by atoms with Gasteiger partial charge in [0, 0.05) is 20.0 Å². The first-order chi connectivity index (χ1) is 25.1. The highest BCUT2D eigenvalue weighted by Crippen LogP contribution is 2.12. The summed E-state index contributed by atoms with van der Waals surface area (Å²) in [5.74, 6) is -5.50. The second kappa shape index (κ2) is 25.7. The molecule has 0 aliphatic heterocycles. The highest BCUT2D eigenvalue weighted by Gasteiger charge is 2.32. The molecular formula is C34H64N12O8. The Labute approximate surface area is 317 Å². The van der Waals surface area contributed by atoms with Gasteiger partial charge in [0.2, 0.25) is 35.4 Å². The van der Waals surface area contributed by atoms with Gasteiger partial charge in [-0.3, -0.25) is 38.8 Å². The summed E-state index contributed by atoms with van der Waals surface area (Å²) in [5.41, 5.74) is 21.3. The quantitative estimate of drug-likeness (QED) is 0.0256. The smallest absolute Gasteiger partial charge is 0.326 e. The van der Waals surface area contributed by atoms with Gasteiger partial charge in [0.1, 0.15) is 30.2 Å². The van der Waals surface area contributed by atoms with Crippen LogP contribution in [0.4, 0.5) is 0 Å². The summed E-state index contributed by atoms with van der Waals surface area (Å²) in [6, 6.07) is -5.49. The molecule has 0 heterocycles. The SMILES string of the molecule is CC(=O)N[C@@H](CCCN=C(N)N)C(=O)N[C@@H](CC(C)C)C(=O)N[C@@H](CC(C)C)C(=O)N[C@@H](CC(C)C)C(=O)NCC(=O)N[C@@H](CCCN=C(N)N)C(=O)O. The van der Waals surface area contributed by atoms with Crippen LogP contribution in [0, 0.1) is 17.8 Å². The fraction of sp³-hybridized carbons (Fsp3) is 0.735. The summed E-state index contributed by atoms with van der Waals surface area (Å²) in [6.07, 6.45) is 1.48. The Morgan fingerprint density at radius 2 is 0.907 bits per heavy atom. The van der Waals surface area contributed by atoms with Crippen LogP contribution in [0.3, 0.4) is 0 Å². The Bertz CT molecular complexity index is 1310. The molecule has 0 aromatic rings. The zero-order valence-electron chi connectivity index (χ0n) is 32.7. The first-order valence-corrected chi connectivity index (χ1v) is 18.2. The van der Waals surface area contributed by atoms with Crippen LogP contribution in [-0.2, 0) is 33.6 Å². The van der Waals surface area contributed by atoms with Gasteiger partial charge < -0.3 is 59.9 Å². The number of nitrogens with two attached hydrogens (primary N) is 4. The Hall–Kier alpha value is -5.17. The van der Waals surface area contributed by atoms with E-state index in [0.29, 0.717) is 6.42 Å². The van der Waals surface area contributed by atoms with Crippen LogP contribution in [0.1, 0.15) is 93.4 Å². The van der Waals surface area contributed by atoms with E-state index in [-0.39, 0.29) is 81.3 Å². The zero-order chi connectivity index (χ0) is 41.5. The largest absolute Gasteiger partial charge is 0.480 e. The molecule has 0 spiro atoms. The maximum Gasteiger partial charge on any atom is 0.326 e. The number of carbonyl (C=O) groups excluding carboxylic acids is 6. The minimum absolute atomic E-state index is 0.0408. The van der Waals surface area contributed by atoms with E-state index in [1.54, 1.807) is 0 Å². The van der Waals surface area contributed by atoms with Crippen molar-refractivity contribution < 1.29 is 38.7 Å². The van der Waals surface area contributed by atoms with Crippen LogP contribution < -0.4 is 54.8 Å². The van der Waals surface area contributed by atoms with Gasteiger partial charge in [-0.15, -0.1) is 0 Å². The lowest BCUT2D eigenvalue weighted by molar-refractivity contribution is -0.142. The maximum atomic E-state index is 13.7. The number of carboxylic acid groups (broad SMARTS) is 1. The maximum absolute atomic E-state index is 13.7. The van der Waals surface area contributed by atoms with Crippen molar-refractivity contribution in [3.8, 4) is 0 Å². The summed E-state index contributed by atoms with van der Waals surface area (Å²) >= 11 is 0. The molecule has 0 fully saturated rings. The molecular weight excluding hydrogens is 704 g/mol. The molecule has 5 atom stereocenters. The lowest BCUT2D eigenvalue weighted by atomic mass is 9.98. The van der Waals surface area contributed by atoms with Gasteiger partial charge in [-0.1, -0.05) is 41.5 Å². The van der Waals surface area contributed by atoms with Crippen LogP contribution in [0.15, 0.2) is 9.98 Å². The monoisotopic (exact) mass is 768 g/mol. The number of guanidine groups is 2. The number of hydrogen-bond donors (Lipinski definition) is 11. The molecule has 15 N–H and O–H groups in total. The normalized spacial score (nSPS) is 13.7. The molecule has 0 unspecified atom stereocenters. The predicted molar refractivity (Wildman–Crippen MR) is 204 cm³/mol. The lowest BCUT2D eigenvalue weighted by Gasteiger charge is -2.28. The Balaban J connectivity index is 5.85. The number of carbonyl (C=O) groups is 7. The minimum atomic E-state index is -1.27. The fourth-order valence-electron chi connectivity index (χ4n) is 5.24. The van der Waals surface area contributed by atoms with Crippen molar-refractivity contribution in [1.82, 2.24) is 31.9 Å². The third-order valence-corrected chi connectivity index (χ3v) is 7.66. The van der Waals surface area contributed by atoms with Crippen molar-refractivity contribution in [2.24, 2.45) is 50.7 Å². The highest BCUT2D eigenvalue weighted by atomic mass is 16.4. The number of hydrogen-bond acceptors (Lipinski definition) is 9. The third kappa shape index (κ3) is 22.7. The average molecular weight is 769 g/mol. The summed E-state index contributed by atoms with van der Waals surface area (Å²) < 4.78 is 0. The molecule has 54 heavy (non-hydrogen) atoms. The standard InChI is InChI=1S/C34H64N12O8/c1-18(2)14-24(28(49)41-17-27(48)43-23(32(53)54)11-9-13-40-34(37)38)44-30(51)26(16-20(5)6)46-31(52)25(15-19(3)4)45-29(50)22(42-21(7)47)10-8-12-39-33(35)36/h18-20,22-26H,8-17H2,1-7H3,(H,41,49)(H,42,47)(H,43,48)(H,44,51)(H,45,50)(H,46,52)(H,53,54)(H4,35,36,39)(H4,37,38,40)/t22-,23-,24-,25-,26-/m0/s1. The van der Waals surface area contributed by atoms with Gasteiger partial charge >= 0.3 is 5.97 Å². The van der Waals surface area contributed by atoms with E-state index in [1.165, 1.54) is 6.92 Å². The second-order valence-corrected chi connectivity index (χ2v) is 14.4. The van der Waals surface area contributed by atoms with Crippen molar-refractivity contribution in [3.05, 3.63) is 0 Å². The van der Waals surface area contributed by atoms with Crippen molar-refractivity contribution in [2.45, 2.75) is 124 Å². The first kappa shape index (κ1) is 48.8. The molecule has 20 nitrogen and oxygen atoms in total. The van der Waals surface area contributed by atoms with Crippen LogP contribution in [-0.4, -0.2) is 108 Å². The lowest BCUT2D eigenvalue weighted by Crippen LogP contribution is -2.59. The molecule has 0 radical (unpaired) electrons. The van der Waals surface area contributed by atoms with E-state index in [9.17, 15) is 38.7 Å². The van der Waals surface area contributed by atoms with Gasteiger partial charge in [-0.2, -0.15) is 0 Å². The van der Waals surface area contributed by atoms with E-state index in [0.717, 1.165) is 0 Å². The molecule has 20 heteroatoms. The number of aliphatic imine (C=N–C) groups is 2. The summed E-state index contributed by atoms with van der Waals surface area (Å²) in [7, 11) is 0. The number of amides is 6. The number of nitrogens with zero attached hydrogens (tertiary/aromatic N) is 2. The van der Waals surface area contributed by atoms with E-state index in [1.807, 2.05) is 41.5 Å².